The van der Waals surface area contributed by atoms with Crippen LogP contribution >= 0.6 is 27.3 Å². The Morgan fingerprint density at radius 3 is 2.92 bits per heavy atom. The number of thiophene rings is 1. The summed E-state index contributed by atoms with van der Waals surface area (Å²) in [4.78, 5) is 11.8. The molecule has 0 fully saturated rings. The maximum absolute atomic E-state index is 11.0. The highest BCUT2D eigenvalue weighted by atomic mass is 79.9. The summed E-state index contributed by atoms with van der Waals surface area (Å²) >= 11 is 4.70. The van der Waals surface area contributed by atoms with Crippen LogP contribution < -0.4 is 5.73 Å². The van der Waals surface area contributed by atoms with Crippen LogP contribution in [0.25, 0.3) is 0 Å². The number of nitrogens with two attached hydrogens (primary N) is 1. The first-order chi connectivity index (χ1) is 5.65. The third-order valence-corrected chi connectivity index (χ3v) is 3.13. The Kier molecular flexibility index (Phi) is 3.25. The molecular weight excluding hydrogens is 242 g/mol. The molecule has 1 heterocycles. The van der Waals surface area contributed by atoms with Crippen molar-refractivity contribution in [3.8, 4) is 0 Å². The molecule has 1 aromatic rings. The largest absolute Gasteiger partial charge is 0.468 e. The van der Waals surface area contributed by atoms with Crippen LogP contribution in [0, 0.1) is 0 Å². The molecule has 12 heavy (non-hydrogen) atoms. The molecular formula is C7H8BrNO2S. The normalized spacial score (nSPS) is 12.6. The number of carbonyl (C=O) groups excluding carboxylic acids is 1. The van der Waals surface area contributed by atoms with E-state index in [2.05, 4.69) is 20.7 Å². The van der Waals surface area contributed by atoms with Gasteiger partial charge in [-0.25, -0.2) is 4.79 Å². The monoisotopic (exact) mass is 249 g/mol. The van der Waals surface area contributed by atoms with Crippen LogP contribution in [0.5, 0.6) is 0 Å². The quantitative estimate of drug-likeness (QED) is 0.812. The van der Waals surface area contributed by atoms with Gasteiger partial charge in [-0.1, -0.05) is 0 Å². The van der Waals surface area contributed by atoms with Crippen LogP contribution in [0.3, 0.4) is 0 Å². The van der Waals surface area contributed by atoms with Crippen molar-refractivity contribution in [3.63, 3.8) is 0 Å². The standard InChI is InChI=1S/C7H8BrNO2S/c1-11-7(10)6(9)5-2-4(8)3-12-5/h2-3,6H,9H2,1H3/t6-/m0/s1. The Hall–Kier alpha value is -0.390. The summed E-state index contributed by atoms with van der Waals surface area (Å²) in [6, 6.07) is 1.15. The highest BCUT2D eigenvalue weighted by Crippen LogP contribution is 2.24. The van der Waals surface area contributed by atoms with Crippen molar-refractivity contribution in [3.05, 3.63) is 20.8 Å². The molecule has 0 aromatic carbocycles. The molecule has 0 amide bonds. The second-order valence-corrected chi connectivity index (χ2v) is 4.03. The summed E-state index contributed by atoms with van der Waals surface area (Å²) in [5, 5.41) is 1.87. The second-order valence-electron chi connectivity index (χ2n) is 2.17. The number of carbonyl (C=O) groups is 1. The van der Waals surface area contributed by atoms with Crippen LogP contribution in [0.15, 0.2) is 15.9 Å². The van der Waals surface area contributed by atoms with Crippen LogP contribution in [-0.4, -0.2) is 13.1 Å². The zero-order valence-electron chi connectivity index (χ0n) is 6.41. The first kappa shape index (κ1) is 9.70. The highest BCUT2D eigenvalue weighted by molar-refractivity contribution is 9.10. The SMILES string of the molecule is COC(=O)[C@@H](N)c1cc(Br)cs1. The Labute approximate surface area is 82.6 Å². The van der Waals surface area contributed by atoms with Gasteiger partial charge >= 0.3 is 5.97 Å². The molecule has 0 spiro atoms. The van der Waals surface area contributed by atoms with Gasteiger partial charge in [-0.2, -0.15) is 0 Å². The topological polar surface area (TPSA) is 52.3 Å². The fraction of sp³-hybridized carbons (Fsp3) is 0.286. The minimum Gasteiger partial charge on any atom is -0.468 e. The number of rotatable bonds is 2. The van der Waals surface area contributed by atoms with E-state index in [0.29, 0.717) is 0 Å². The first-order valence-corrected chi connectivity index (χ1v) is 4.89. The average Bonchev–Trinajstić information content (AvgIpc) is 2.49. The predicted molar refractivity (Wildman–Crippen MR) is 51.0 cm³/mol. The van der Waals surface area contributed by atoms with Gasteiger partial charge in [-0.05, 0) is 22.0 Å². The zero-order chi connectivity index (χ0) is 9.14. The van der Waals surface area contributed by atoms with Gasteiger partial charge in [0.25, 0.3) is 0 Å². The van der Waals surface area contributed by atoms with Crippen LogP contribution in [-0.2, 0) is 9.53 Å². The van der Waals surface area contributed by atoms with E-state index in [0.717, 1.165) is 9.35 Å². The molecule has 0 bridgehead atoms. The van der Waals surface area contributed by atoms with Crippen LogP contribution in [0.1, 0.15) is 10.9 Å². The van der Waals surface area contributed by atoms with Crippen molar-refractivity contribution in [2.45, 2.75) is 6.04 Å². The fourth-order valence-corrected chi connectivity index (χ4v) is 2.17. The molecule has 2 N–H and O–H groups in total. The average molecular weight is 250 g/mol. The lowest BCUT2D eigenvalue weighted by molar-refractivity contribution is -0.142. The molecule has 0 saturated heterocycles. The number of hydrogen-bond donors (Lipinski definition) is 1. The molecule has 1 aromatic heterocycles. The van der Waals surface area contributed by atoms with E-state index in [1.807, 2.05) is 11.4 Å². The summed E-state index contributed by atoms with van der Waals surface area (Å²) in [7, 11) is 1.32. The molecule has 3 nitrogen and oxygen atoms in total. The summed E-state index contributed by atoms with van der Waals surface area (Å²) in [6.45, 7) is 0. The molecule has 0 aliphatic rings. The molecule has 0 aliphatic heterocycles. The molecule has 5 heteroatoms. The van der Waals surface area contributed by atoms with E-state index < -0.39 is 12.0 Å². The molecule has 0 unspecified atom stereocenters. The Morgan fingerprint density at radius 2 is 2.50 bits per heavy atom. The summed E-state index contributed by atoms with van der Waals surface area (Å²) < 4.78 is 5.44. The van der Waals surface area contributed by atoms with Gasteiger partial charge in [-0.3, -0.25) is 0 Å². The number of ether oxygens (including phenoxy) is 1. The molecule has 0 saturated carbocycles. The van der Waals surface area contributed by atoms with Gasteiger partial charge in [0.15, 0.2) is 0 Å². The maximum atomic E-state index is 11.0. The lowest BCUT2D eigenvalue weighted by atomic mass is 10.3. The molecule has 66 valence electrons. The smallest absolute Gasteiger partial charge is 0.328 e. The highest BCUT2D eigenvalue weighted by Gasteiger charge is 2.17. The summed E-state index contributed by atoms with van der Waals surface area (Å²) in [5.41, 5.74) is 5.58. The lowest BCUT2D eigenvalue weighted by Gasteiger charge is -2.05. The van der Waals surface area contributed by atoms with E-state index in [4.69, 9.17) is 5.73 Å². The second kappa shape index (κ2) is 4.02. The maximum Gasteiger partial charge on any atom is 0.328 e. The van der Waals surface area contributed by atoms with E-state index >= 15 is 0 Å². The van der Waals surface area contributed by atoms with Crippen molar-refractivity contribution in [1.29, 1.82) is 0 Å². The van der Waals surface area contributed by atoms with Crippen LogP contribution in [0.4, 0.5) is 0 Å². The third kappa shape index (κ3) is 2.06. The Morgan fingerprint density at radius 1 is 1.83 bits per heavy atom. The fourth-order valence-electron chi connectivity index (χ4n) is 0.734. The van der Waals surface area contributed by atoms with E-state index in [1.165, 1.54) is 18.4 Å². The van der Waals surface area contributed by atoms with Crippen molar-refractivity contribution >= 4 is 33.2 Å². The van der Waals surface area contributed by atoms with E-state index in [-0.39, 0.29) is 0 Å². The number of methoxy groups -OCH3 is 1. The van der Waals surface area contributed by atoms with Gasteiger partial charge in [0.05, 0.1) is 7.11 Å². The van der Waals surface area contributed by atoms with E-state index in [1.54, 1.807) is 0 Å². The predicted octanol–water partition coefficient (Wildman–Crippen LogP) is 1.68. The van der Waals surface area contributed by atoms with Crippen molar-refractivity contribution in [2.75, 3.05) is 7.11 Å². The molecule has 1 rings (SSSR count). The number of hydrogen-bond acceptors (Lipinski definition) is 4. The first-order valence-electron chi connectivity index (χ1n) is 3.22. The van der Waals surface area contributed by atoms with Crippen molar-refractivity contribution in [2.24, 2.45) is 5.73 Å². The number of halogens is 1. The molecule has 1 atom stereocenters. The minimum atomic E-state index is -0.661. The molecule has 0 aliphatic carbocycles. The van der Waals surface area contributed by atoms with Gasteiger partial charge in [-0.15, -0.1) is 11.3 Å². The van der Waals surface area contributed by atoms with Crippen molar-refractivity contribution in [1.82, 2.24) is 0 Å². The Balaban J connectivity index is 2.77. The van der Waals surface area contributed by atoms with Gasteiger partial charge in [0, 0.05) is 14.7 Å². The summed E-state index contributed by atoms with van der Waals surface area (Å²) in [5.74, 6) is -0.413. The number of esters is 1. The minimum absolute atomic E-state index is 0.413. The molecule has 0 radical (unpaired) electrons. The lowest BCUT2D eigenvalue weighted by Crippen LogP contribution is -2.21. The zero-order valence-corrected chi connectivity index (χ0v) is 8.81. The van der Waals surface area contributed by atoms with Gasteiger partial charge in [0.2, 0.25) is 0 Å². The third-order valence-electron chi connectivity index (χ3n) is 1.35. The van der Waals surface area contributed by atoms with Gasteiger partial charge < -0.3 is 10.5 Å². The summed E-state index contributed by atoms with van der Waals surface area (Å²) in [6.07, 6.45) is 0. The van der Waals surface area contributed by atoms with Crippen molar-refractivity contribution < 1.29 is 9.53 Å². The Bertz CT molecular complexity index is 287. The van der Waals surface area contributed by atoms with Gasteiger partial charge in [0.1, 0.15) is 6.04 Å². The van der Waals surface area contributed by atoms with E-state index in [9.17, 15) is 4.79 Å². The van der Waals surface area contributed by atoms with Crippen LogP contribution in [0.2, 0.25) is 0 Å².